The Hall–Kier alpha value is -3.35. The van der Waals surface area contributed by atoms with Gasteiger partial charge in [0.15, 0.2) is 0 Å². The van der Waals surface area contributed by atoms with Crippen molar-refractivity contribution in [2.75, 3.05) is 13.7 Å². The highest BCUT2D eigenvalue weighted by Gasteiger charge is 2.55. The third-order valence-corrected chi connectivity index (χ3v) is 6.06. The first-order valence-corrected chi connectivity index (χ1v) is 11.3. The van der Waals surface area contributed by atoms with E-state index in [1.165, 1.54) is 6.92 Å². The lowest BCUT2D eigenvalue weighted by Gasteiger charge is -2.46. The largest absolute Gasteiger partial charge is 0.477 e. The number of aliphatic hydroxyl groups is 3. The fourth-order valence-electron chi connectivity index (χ4n) is 4.10. The fourth-order valence-corrected chi connectivity index (χ4v) is 4.10. The highest BCUT2D eigenvalue weighted by atomic mass is 16.7. The Morgan fingerprint density at radius 1 is 1.08 bits per heavy atom. The monoisotopic (exact) mass is 502 g/mol. The van der Waals surface area contributed by atoms with Crippen molar-refractivity contribution < 1.29 is 44.3 Å². The number of ether oxygens (including phenoxy) is 2. The zero-order chi connectivity index (χ0) is 26.5. The van der Waals surface area contributed by atoms with Crippen LogP contribution in [0.25, 0.3) is 11.1 Å². The molecule has 194 valence electrons. The van der Waals surface area contributed by atoms with Gasteiger partial charge in [0.25, 0.3) is 11.7 Å². The van der Waals surface area contributed by atoms with Crippen LogP contribution in [0.4, 0.5) is 0 Å². The number of nitrogens with one attached hydrogen (secondary N) is 2. The number of benzene rings is 2. The van der Waals surface area contributed by atoms with Crippen molar-refractivity contribution in [3.05, 3.63) is 60.2 Å². The number of methoxy groups -OCH3 is 1. The van der Waals surface area contributed by atoms with Crippen LogP contribution in [0.3, 0.4) is 0 Å². The molecule has 0 spiro atoms. The van der Waals surface area contributed by atoms with Crippen LogP contribution in [-0.2, 0) is 19.1 Å². The van der Waals surface area contributed by atoms with Crippen molar-refractivity contribution in [3.63, 3.8) is 0 Å². The lowest BCUT2D eigenvalue weighted by atomic mass is 9.88. The van der Waals surface area contributed by atoms with Crippen molar-refractivity contribution in [2.45, 2.75) is 49.6 Å². The van der Waals surface area contributed by atoms with Gasteiger partial charge in [-0.2, -0.15) is 0 Å². The summed E-state index contributed by atoms with van der Waals surface area (Å²) in [5.74, 6) is -4.93. The summed E-state index contributed by atoms with van der Waals surface area (Å²) in [7, 11) is 1.06. The summed E-state index contributed by atoms with van der Waals surface area (Å²) in [5.41, 5.74) is 2.22. The van der Waals surface area contributed by atoms with Gasteiger partial charge < -0.3 is 40.5 Å². The summed E-state index contributed by atoms with van der Waals surface area (Å²) in [5, 5.41) is 46.3. The van der Waals surface area contributed by atoms with Gasteiger partial charge in [0, 0.05) is 32.6 Å². The minimum Gasteiger partial charge on any atom is -0.477 e. The number of carboxylic acids is 1. The molecule has 2 amide bonds. The number of hydrogen-bond donors (Lipinski definition) is 6. The molecule has 6 N–H and O–H groups in total. The van der Waals surface area contributed by atoms with E-state index in [0.717, 1.165) is 18.2 Å². The zero-order valence-corrected chi connectivity index (χ0v) is 19.8. The smallest absolute Gasteiger partial charge is 0.364 e. The molecule has 36 heavy (non-hydrogen) atoms. The van der Waals surface area contributed by atoms with Crippen molar-refractivity contribution in [2.24, 2.45) is 0 Å². The number of carboxylic acid groups (broad SMARTS) is 1. The normalized spacial score (nSPS) is 25.4. The van der Waals surface area contributed by atoms with Gasteiger partial charge in [0.2, 0.25) is 5.91 Å². The maximum atomic E-state index is 12.6. The Bertz CT molecular complexity index is 1060. The molecule has 0 aliphatic carbocycles. The molecule has 3 rings (SSSR count). The minimum absolute atomic E-state index is 0.320. The molecule has 2 aromatic rings. The van der Waals surface area contributed by atoms with Crippen LogP contribution in [0.2, 0.25) is 0 Å². The van der Waals surface area contributed by atoms with E-state index >= 15 is 0 Å². The zero-order valence-electron chi connectivity index (χ0n) is 19.8. The SMILES string of the molecule is CO[C@]1(C(=O)O)C[C@H](O)[C@H](NC(C)=O)C([C@H](O)[C@H](O)CNC(=O)c2ccc(-c3ccccc3)cc2)O1. The average Bonchev–Trinajstić information content (AvgIpc) is 2.88. The highest BCUT2D eigenvalue weighted by molar-refractivity contribution is 5.94. The Kier molecular flexibility index (Phi) is 8.77. The van der Waals surface area contributed by atoms with Gasteiger partial charge in [-0.25, -0.2) is 4.79 Å². The molecular weight excluding hydrogens is 472 g/mol. The number of aliphatic hydroxyl groups excluding tert-OH is 3. The van der Waals surface area contributed by atoms with E-state index in [9.17, 15) is 34.8 Å². The molecule has 0 radical (unpaired) electrons. The second-order valence-corrected chi connectivity index (χ2v) is 8.55. The van der Waals surface area contributed by atoms with Gasteiger partial charge in [-0.3, -0.25) is 9.59 Å². The van der Waals surface area contributed by atoms with Crippen molar-refractivity contribution in [1.29, 1.82) is 0 Å². The number of carbonyl (C=O) groups excluding carboxylic acids is 2. The summed E-state index contributed by atoms with van der Waals surface area (Å²) < 4.78 is 10.4. The van der Waals surface area contributed by atoms with Crippen molar-refractivity contribution in [1.82, 2.24) is 10.6 Å². The molecule has 2 aromatic carbocycles. The maximum absolute atomic E-state index is 12.6. The molecule has 6 atom stereocenters. The Balaban J connectivity index is 1.68. The van der Waals surface area contributed by atoms with Gasteiger partial charge in [-0.1, -0.05) is 42.5 Å². The van der Waals surface area contributed by atoms with Gasteiger partial charge in [0.1, 0.15) is 12.2 Å². The summed E-state index contributed by atoms with van der Waals surface area (Å²) in [6.07, 6.45) is -6.99. The fraction of sp³-hybridized carbons (Fsp3) is 0.400. The first-order chi connectivity index (χ1) is 17.1. The van der Waals surface area contributed by atoms with Crippen molar-refractivity contribution >= 4 is 17.8 Å². The molecule has 1 aliphatic rings. The number of aliphatic carboxylic acids is 1. The summed E-state index contributed by atoms with van der Waals surface area (Å²) in [4.78, 5) is 35.9. The molecule has 0 bridgehead atoms. The predicted octanol–water partition coefficient (Wildman–Crippen LogP) is -0.113. The Morgan fingerprint density at radius 2 is 1.69 bits per heavy atom. The van der Waals surface area contributed by atoms with Gasteiger partial charge in [0.05, 0.1) is 18.2 Å². The van der Waals surface area contributed by atoms with E-state index < -0.39 is 67.0 Å². The molecule has 1 unspecified atom stereocenters. The first kappa shape index (κ1) is 27.2. The number of carbonyl (C=O) groups is 3. The lowest BCUT2D eigenvalue weighted by molar-refractivity contribution is -0.303. The van der Waals surface area contributed by atoms with Crippen LogP contribution in [-0.4, -0.2) is 88.1 Å². The van der Waals surface area contributed by atoms with Crippen LogP contribution in [0.1, 0.15) is 23.7 Å². The molecule has 1 aliphatic heterocycles. The second-order valence-electron chi connectivity index (χ2n) is 8.55. The predicted molar refractivity (Wildman–Crippen MR) is 127 cm³/mol. The molecule has 0 saturated carbocycles. The second kappa shape index (κ2) is 11.6. The van der Waals surface area contributed by atoms with Crippen molar-refractivity contribution in [3.8, 4) is 11.1 Å². The van der Waals surface area contributed by atoms with Gasteiger partial charge >= 0.3 is 5.97 Å². The standard InChI is InChI=1S/C25H30N2O9/c1-14(28)27-20-18(29)12-25(35-2,24(33)34)36-22(20)21(31)19(30)13-26-23(32)17-10-8-16(9-11-17)15-6-4-3-5-7-15/h3-11,18-22,29-31H,12-13H2,1-2H3,(H,26,32)(H,27,28)(H,33,34)/t18-,19+,20-,21+,22?,25+/m0/s1. The maximum Gasteiger partial charge on any atom is 0.364 e. The number of rotatable bonds is 9. The lowest BCUT2D eigenvalue weighted by Crippen LogP contribution is -2.68. The molecule has 1 saturated heterocycles. The van der Waals surface area contributed by atoms with Gasteiger partial charge in [-0.05, 0) is 23.3 Å². The summed E-state index contributed by atoms with van der Waals surface area (Å²) in [6.45, 7) is 0.751. The summed E-state index contributed by atoms with van der Waals surface area (Å²) in [6, 6.07) is 15.1. The number of hydrogen-bond acceptors (Lipinski definition) is 8. The van der Waals surface area contributed by atoms with Crippen LogP contribution in [0.5, 0.6) is 0 Å². The molecule has 0 aromatic heterocycles. The van der Waals surface area contributed by atoms with Crippen LogP contribution in [0, 0.1) is 0 Å². The minimum atomic E-state index is -2.30. The Morgan fingerprint density at radius 3 is 2.25 bits per heavy atom. The van der Waals surface area contributed by atoms with E-state index in [1.807, 2.05) is 30.3 Å². The quantitative estimate of drug-likeness (QED) is 0.273. The number of amides is 2. The average molecular weight is 503 g/mol. The molecule has 1 heterocycles. The molecule has 11 heteroatoms. The molecule has 1 fully saturated rings. The topological polar surface area (TPSA) is 175 Å². The van der Waals surface area contributed by atoms with E-state index in [0.29, 0.717) is 5.56 Å². The molecule has 11 nitrogen and oxygen atoms in total. The Labute approximate surface area is 207 Å². The summed E-state index contributed by atoms with van der Waals surface area (Å²) >= 11 is 0. The third kappa shape index (κ3) is 6.07. The van der Waals surface area contributed by atoms with Crippen LogP contribution < -0.4 is 10.6 Å². The van der Waals surface area contributed by atoms with Crippen LogP contribution in [0.15, 0.2) is 54.6 Å². The van der Waals surface area contributed by atoms with Crippen LogP contribution >= 0.6 is 0 Å². The van der Waals surface area contributed by atoms with E-state index in [4.69, 9.17) is 9.47 Å². The van der Waals surface area contributed by atoms with Gasteiger partial charge in [-0.15, -0.1) is 0 Å². The highest BCUT2D eigenvalue weighted by Crippen LogP contribution is 2.33. The third-order valence-electron chi connectivity index (χ3n) is 6.06. The van der Waals surface area contributed by atoms with E-state index in [1.54, 1.807) is 24.3 Å². The van der Waals surface area contributed by atoms with E-state index in [-0.39, 0.29) is 0 Å². The van der Waals surface area contributed by atoms with E-state index in [2.05, 4.69) is 10.6 Å². The first-order valence-electron chi connectivity index (χ1n) is 11.3. The molecular formula is C25H30N2O9.